The lowest BCUT2D eigenvalue weighted by Gasteiger charge is -2.18. The molecule has 1 N–H and O–H groups in total. The molecule has 0 aliphatic heterocycles. The highest BCUT2D eigenvalue weighted by molar-refractivity contribution is 9.10. The van der Waals surface area contributed by atoms with Crippen LogP contribution in [0.15, 0.2) is 46.9 Å². The van der Waals surface area contributed by atoms with Gasteiger partial charge in [-0.1, -0.05) is 58.7 Å². The van der Waals surface area contributed by atoms with Gasteiger partial charge in [0.15, 0.2) is 0 Å². The zero-order valence-corrected chi connectivity index (χ0v) is 14.1. The molecule has 0 aromatic heterocycles. The Bertz CT molecular complexity index is 566. The highest BCUT2D eigenvalue weighted by Crippen LogP contribution is 2.28. The molecule has 1 atom stereocenters. The normalized spacial score (nSPS) is 12.4. The van der Waals surface area contributed by atoms with Crippen LogP contribution < -0.4 is 5.32 Å². The summed E-state index contributed by atoms with van der Waals surface area (Å²) < 4.78 is 1.05. The fourth-order valence-electron chi connectivity index (χ4n) is 2.30. The average Bonchev–Trinajstić information content (AvgIpc) is 2.48. The van der Waals surface area contributed by atoms with Gasteiger partial charge in [0.25, 0.3) is 0 Å². The molecule has 20 heavy (non-hydrogen) atoms. The Kier molecular flexibility index (Phi) is 5.64. The second-order valence-corrected chi connectivity index (χ2v) is 6.20. The van der Waals surface area contributed by atoms with Gasteiger partial charge in [-0.3, -0.25) is 0 Å². The standard InChI is InChI=1S/C17H19BrClN/c1-3-12-4-6-13(7-5-12)10-17(20-2)15-11-14(18)8-9-16(15)19/h4-9,11,17,20H,3,10H2,1-2H3. The fourth-order valence-corrected chi connectivity index (χ4v) is 2.92. The Hall–Kier alpha value is -0.830. The van der Waals surface area contributed by atoms with Gasteiger partial charge in [-0.15, -0.1) is 0 Å². The van der Waals surface area contributed by atoms with E-state index in [1.54, 1.807) is 0 Å². The smallest absolute Gasteiger partial charge is 0.0454 e. The quantitative estimate of drug-likeness (QED) is 0.783. The van der Waals surface area contributed by atoms with E-state index in [4.69, 9.17) is 11.6 Å². The summed E-state index contributed by atoms with van der Waals surface area (Å²) in [5.74, 6) is 0. The number of benzene rings is 2. The molecule has 0 radical (unpaired) electrons. The van der Waals surface area contributed by atoms with Crippen LogP contribution in [0.25, 0.3) is 0 Å². The van der Waals surface area contributed by atoms with E-state index >= 15 is 0 Å². The van der Waals surface area contributed by atoms with Crippen LogP contribution in [-0.2, 0) is 12.8 Å². The van der Waals surface area contributed by atoms with Crippen LogP contribution >= 0.6 is 27.5 Å². The average molecular weight is 353 g/mol. The summed E-state index contributed by atoms with van der Waals surface area (Å²) in [6.45, 7) is 2.17. The van der Waals surface area contributed by atoms with Gasteiger partial charge >= 0.3 is 0 Å². The van der Waals surface area contributed by atoms with E-state index in [2.05, 4.69) is 58.5 Å². The molecule has 0 saturated heterocycles. The van der Waals surface area contributed by atoms with Crippen molar-refractivity contribution in [2.24, 2.45) is 0 Å². The molecule has 1 unspecified atom stereocenters. The van der Waals surface area contributed by atoms with Crippen molar-refractivity contribution in [3.8, 4) is 0 Å². The van der Waals surface area contributed by atoms with Crippen molar-refractivity contribution in [2.75, 3.05) is 7.05 Å². The van der Waals surface area contributed by atoms with E-state index in [0.717, 1.165) is 27.9 Å². The van der Waals surface area contributed by atoms with Gasteiger partial charge in [0, 0.05) is 15.5 Å². The highest BCUT2D eigenvalue weighted by Gasteiger charge is 2.14. The predicted octanol–water partition coefficient (Wildman–Crippen LogP) is 5.17. The van der Waals surface area contributed by atoms with E-state index in [-0.39, 0.29) is 6.04 Å². The minimum atomic E-state index is 0.215. The number of aryl methyl sites for hydroxylation is 1. The Morgan fingerprint density at radius 2 is 1.75 bits per heavy atom. The first kappa shape index (κ1) is 15.6. The maximum absolute atomic E-state index is 6.32. The fraction of sp³-hybridized carbons (Fsp3) is 0.294. The largest absolute Gasteiger partial charge is 0.313 e. The van der Waals surface area contributed by atoms with E-state index in [0.29, 0.717) is 0 Å². The molecule has 0 fully saturated rings. The second-order valence-electron chi connectivity index (χ2n) is 4.88. The van der Waals surface area contributed by atoms with Gasteiger partial charge in [0.2, 0.25) is 0 Å². The third-order valence-corrected chi connectivity index (χ3v) is 4.39. The van der Waals surface area contributed by atoms with Crippen molar-refractivity contribution in [1.82, 2.24) is 5.32 Å². The third kappa shape index (κ3) is 3.85. The van der Waals surface area contributed by atoms with Crippen molar-refractivity contribution < 1.29 is 0 Å². The maximum atomic E-state index is 6.32. The Labute approximate surface area is 134 Å². The number of likely N-dealkylation sites (N-methyl/N-ethyl adjacent to an activating group) is 1. The molecule has 0 heterocycles. The van der Waals surface area contributed by atoms with E-state index in [1.807, 2.05) is 19.2 Å². The lowest BCUT2D eigenvalue weighted by molar-refractivity contribution is 0.592. The molecule has 0 saturated carbocycles. The Balaban J connectivity index is 2.21. The first-order valence-electron chi connectivity index (χ1n) is 6.84. The van der Waals surface area contributed by atoms with Crippen molar-refractivity contribution in [3.05, 3.63) is 68.7 Å². The zero-order valence-electron chi connectivity index (χ0n) is 11.8. The lowest BCUT2D eigenvalue weighted by Crippen LogP contribution is -2.19. The molecule has 2 aromatic rings. The molecule has 0 aliphatic carbocycles. The van der Waals surface area contributed by atoms with Crippen LogP contribution in [0.1, 0.15) is 29.7 Å². The summed E-state index contributed by atoms with van der Waals surface area (Å²) in [7, 11) is 1.97. The van der Waals surface area contributed by atoms with Crippen LogP contribution in [0, 0.1) is 0 Å². The van der Waals surface area contributed by atoms with Crippen molar-refractivity contribution in [1.29, 1.82) is 0 Å². The maximum Gasteiger partial charge on any atom is 0.0454 e. The van der Waals surface area contributed by atoms with Crippen LogP contribution in [0.3, 0.4) is 0 Å². The van der Waals surface area contributed by atoms with E-state index < -0.39 is 0 Å². The van der Waals surface area contributed by atoms with Crippen LogP contribution in [-0.4, -0.2) is 7.05 Å². The number of hydrogen-bond acceptors (Lipinski definition) is 1. The van der Waals surface area contributed by atoms with Gasteiger partial charge in [-0.2, -0.15) is 0 Å². The lowest BCUT2D eigenvalue weighted by atomic mass is 9.98. The number of rotatable bonds is 5. The van der Waals surface area contributed by atoms with E-state index in [9.17, 15) is 0 Å². The molecule has 0 bridgehead atoms. The molecule has 0 spiro atoms. The second kappa shape index (κ2) is 7.26. The molecule has 1 nitrogen and oxygen atoms in total. The van der Waals surface area contributed by atoms with Crippen LogP contribution in [0.2, 0.25) is 5.02 Å². The summed E-state index contributed by atoms with van der Waals surface area (Å²) in [5, 5.41) is 4.16. The molecule has 2 aromatic carbocycles. The minimum absolute atomic E-state index is 0.215. The SMILES string of the molecule is CCc1ccc(CC(NC)c2cc(Br)ccc2Cl)cc1. The first-order valence-corrected chi connectivity index (χ1v) is 8.01. The summed E-state index contributed by atoms with van der Waals surface area (Å²) in [6, 6.07) is 15.0. The molecule has 106 valence electrons. The van der Waals surface area contributed by atoms with Gasteiger partial charge in [0.05, 0.1) is 0 Å². The molecule has 0 aliphatic rings. The molecule has 3 heteroatoms. The Morgan fingerprint density at radius 3 is 2.35 bits per heavy atom. The van der Waals surface area contributed by atoms with Crippen LogP contribution in [0.4, 0.5) is 0 Å². The topological polar surface area (TPSA) is 12.0 Å². The number of hydrogen-bond donors (Lipinski definition) is 1. The van der Waals surface area contributed by atoms with Gasteiger partial charge in [0.1, 0.15) is 0 Å². The first-order chi connectivity index (χ1) is 9.63. The molecule has 0 amide bonds. The van der Waals surface area contributed by atoms with Gasteiger partial charge in [-0.05, 0) is 54.8 Å². The monoisotopic (exact) mass is 351 g/mol. The zero-order chi connectivity index (χ0) is 14.5. The van der Waals surface area contributed by atoms with E-state index in [1.165, 1.54) is 11.1 Å². The Morgan fingerprint density at radius 1 is 1.10 bits per heavy atom. The summed E-state index contributed by atoms with van der Waals surface area (Å²) in [6.07, 6.45) is 2.00. The molecular formula is C17H19BrClN. The van der Waals surface area contributed by atoms with Crippen molar-refractivity contribution in [2.45, 2.75) is 25.8 Å². The van der Waals surface area contributed by atoms with Crippen molar-refractivity contribution >= 4 is 27.5 Å². The predicted molar refractivity (Wildman–Crippen MR) is 90.5 cm³/mol. The molecule has 2 rings (SSSR count). The van der Waals surface area contributed by atoms with Crippen molar-refractivity contribution in [3.63, 3.8) is 0 Å². The number of halogens is 2. The third-order valence-electron chi connectivity index (χ3n) is 3.55. The van der Waals surface area contributed by atoms with Crippen LogP contribution in [0.5, 0.6) is 0 Å². The summed E-state index contributed by atoms with van der Waals surface area (Å²) in [4.78, 5) is 0. The summed E-state index contributed by atoms with van der Waals surface area (Å²) in [5.41, 5.74) is 3.82. The van der Waals surface area contributed by atoms with Gasteiger partial charge < -0.3 is 5.32 Å². The number of nitrogens with one attached hydrogen (secondary N) is 1. The minimum Gasteiger partial charge on any atom is -0.313 e. The van der Waals surface area contributed by atoms with Gasteiger partial charge in [-0.25, -0.2) is 0 Å². The highest BCUT2D eigenvalue weighted by atomic mass is 79.9. The molecular weight excluding hydrogens is 334 g/mol. The summed E-state index contributed by atoms with van der Waals surface area (Å²) >= 11 is 9.83.